The smallest absolute Gasteiger partial charge is 0.137 e. The standard InChI is InChI=1S/C12H20ClN3/c1-6-7-8(2)16(5)12-9(3)11(13)14-10(4)15-12/h8H,6-7H2,1-5H3. The zero-order valence-electron chi connectivity index (χ0n) is 10.7. The van der Waals surface area contributed by atoms with Crippen LogP contribution in [0.3, 0.4) is 0 Å². The van der Waals surface area contributed by atoms with Crippen LogP contribution >= 0.6 is 11.6 Å². The number of halogens is 1. The van der Waals surface area contributed by atoms with Crippen LogP contribution < -0.4 is 4.90 Å². The minimum Gasteiger partial charge on any atom is -0.357 e. The molecule has 1 aromatic heterocycles. The summed E-state index contributed by atoms with van der Waals surface area (Å²) in [6.45, 7) is 8.23. The summed E-state index contributed by atoms with van der Waals surface area (Å²) in [5.41, 5.74) is 0.956. The molecule has 90 valence electrons. The Hall–Kier alpha value is -0.830. The first-order valence-electron chi connectivity index (χ1n) is 5.71. The molecule has 0 aliphatic carbocycles. The molecule has 0 saturated carbocycles. The number of aromatic nitrogens is 2. The minimum absolute atomic E-state index is 0.467. The minimum atomic E-state index is 0.467. The Morgan fingerprint density at radius 1 is 1.31 bits per heavy atom. The van der Waals surface area contributed by atoms with Gasteiger partial charge in [0.1, 0.15) is 16.8 Å². The van der Waals surface area contributed by atoms with E-state index in [1.54, 1.807) is 0 Å². The molecule has 0 bridgehead atoms. The van der Waals surface area contributed by atoms with E-state index in [-0.39, 0.29) is 0 Å². The molecular weight excluding hydrogens is 222 g/mol. The molecule has 0 aromatic carbocycles. The van der Waals surface area contributed by atoms with Crippen LogP contribution in [0.2, 0.25) is 5.15 Å². The second-order valence-corrected chi connectivity index (χ2v) is 4.62. The third-order valence-electron chi connectivity index (χ3n) is 2.87. The van der Waals surface area contributed by atoms with Crippen molar-refractivity contribution < 1.29 is 0 Å². The van der Waals surface area contributed by atoms with Crippen molar-refractivity contribution >= 4 is 17.4 Å². The number of rotatable bonds is 4. The molecular formula is C12H20ClN3. The Labute approximate surface area is 103 Å². The van der Waals surface area contributed by atoms with Gasteiger partial charge in [0.05, 0.1) is 0 Å². The highest BCUT2D eigenvalue weighted by atomic mass is 35.5. The lowest BCUT2D eigenvalue weighted by molar-refractivity contribution is 0.608. The van der Waals surface area contributed by atoms with Gasteiger partial charge in [-0.05, 0) is 27.2 Å². The largest absolute Gasteiger partial charge is 0.357 e. The molecule has 0 radical (unpaired) electrons. The van der Waals surface area contributed by atoms with Gasteiger partial charge >= 0.3 is 0 Å². The molecule has 0 saturated heterocycles. The number of anilines is 1. The van der Waals surface area contributed by atoms with Crippen LogP contribution in [-0.2, 0) is 0 Å². The zero-order chi connectivity index (χ0) is 12.3. The normalized spacial score (nSPS) is 12.6. The molecule has 0 aliphatic rings. The van der Waals surface area contributed by atoms with Crippen molar-refractivity contribution in [3.8, 4) is 0 Å². The average Bonchev–Trinajstić information content (AvgIpc) is 2.22. The predicted octanol–water partition coefficient (Wildman–Crippen LogP) is 3.37. The van der Waals surface area contributed by atoms with Crippen molar-refractivity contribution in [1.29, 1.82) is 0 Å². The molecule has 1 atom stereocenters. The van der Waals surface area contributed by atoms with Gasteiger partial charge in [-0.25, -0.2) is 9.97 Å². The van der Waals surface area contributed by atoms with E-state index in [1.165, 1.54) is 6.42 Å². The molecule has 4 heteroatoms. The molecule has 16 heavy (non-hydrogen) atoms. The Bertz CT molecular complexity index is 366. The molecule has 0 amide bonds. The monoisotopic (exact) mass is 241 g/mol. The van der Waals surface area contributed by atoms with E-state index in [0.29, 0.717) is 11.2 Å². The van der Waals surface area contributed by atoms with E-state index in [2.05, 4.69) is 35.8 Å². The SMILES string of the molecule is CCCC(C)N(C)c1nc(C)nc(Cl)c1C. The van der Waals surface area contributed by atoms with Crippen molar-refractivity contribution in [2.24, 2.45) is 0 Å². The molecule has 1 aromatic rings. The molecule has 0 aliphatic heterocycles. The van der Waals surface area contributed by atoms with Crippen molar-refractivity contribution in [3.05, 3.63) is 16.5 Å². The summed E-state index contributed by atoms with van der Waals surface area (Å²) in [7, 11) is 2.06. The van der Waals surface area contributed by atoms with Gasteiger partial charge in [-0.1, -0.05) is 24.9 Å². The van der Waals surface area contributed by atoms with Crippen molar-refractivity contribution in [2.75, 3.05) is 11.9 Å². The van der Waals surface area contributed by atoms with Gasteiger partial charge in [-0.15, -0.1) is 0 Å². The summed E-state index contributed by atoms with van der Waals surface area (Å²) < 4.78 is 0. The van der Waals surface area contributed by atoms with Gasteiger partial charge in [-0.3, -0.25) is 0 Å². The Balaban J connectivity index is 3.03. The molecule has 3 nitrogen and oxygen atoms in total. The van der Waals surface area contributed by atoms with Gasteiger partial charge in [-0.2, -0.15) is 0 Å². The highest BCUT2D eigenvalue weighted by Gasteiger charge is 2.15. The van der Waals surface area contributed by atoms with Crippen LogP contribution in [-0.4, -0.2) is 23.1 Å². The van der Waals surface area contributed by atoms with Crippen molar-refractivity contribution in [2.45, 2.75) is 46.6 Å². The fourth-order valence-electron chi connectivity index (χ4n) is 1.74. The van der Waals surface area contributed by atoms with E-state index in [1.807, 2.05) is 13.8 Å². The lowest BCUT2D eigenvalue weighted by Crippen LogP contribution is -2.30. The van der Waals surface area contributed by atoms with Crippen molar-refractivity contribution in [3.63, 3.8) is 0 Å². The topological polar surface area (TPSA) is 29.0 Å². The fourth-order valence-corrected chi connectivity index (χ4v) is 1.95. The third-order valence-corrected chi connectivity index (χ3v) is 3.24. The lowest BCUT2D eigenvalue weighted by Gasteiger charge is -2.27. The van der Waals surface area contributed by atoms with Gasteiger partial charge in [0.15, 0.2) is 0 Å². The van der Waals surface area contributed by atoms with Crippen LogP contribution in [0.15, 0.2) is 0 Å². The van der Waals surface area contributed by atoms with E-state index in [0.717, 1.165) is 23.6 Å². The molecule has 1 unspecified atom stereocenters. The van der Waals surface area contributed by atoms with Gasteiger partial charge in [0, 0.05) is 18.7 Å². The Morgan fingerprint density at radius 2 is 1.94 bits per heavy atom. The summed E-state index contributed by atoms with van der Waals surface area (Å²) in [6.07, 6.45) is 2.32. The number of nitrogens with zero attached hydrogens (tertiary/aromatic N) is 3. The highest BCUT2D eigenvalue weighted by Crippen LogP contribution is 2.24. The van der Waals surface area contributed by atoms with Crippen LogP contribution in [0.4, 0.5) is 5.82 Å². The summed E-state index contributed by atoms with van der Waals surface area (Å²) in [5, 5.41) is 0.554. The fraction of sp³-hybridized carbons (Fsp3) is 0.667. The lowest BCUT2D eigenvalue weighted by atomic mass is 10.1. The Kier molecular flexibility index (Phi) is 4.54. The van der Waals surface area contributed by atoms with E-state index < -0.39 is 0 Å². The first-order valence-corrected chi connectivity index (χ1v) is 6.08. The van der Waals surface area contributed by atoms with Crippen LogP contribution in [0, 0.1) is 13.8 Å². The summed E-state index contributed by atoms with van der Waals surface area (Å²) in [5.74, 6) is 1.67. The summed E-state index contributed by atoms with van der Waals surface area (Å²) in [6, 6.07) is 0.467. The number of aryl methyl sites for hydroxylation is 1. The summed E-state index contributed by atoms with van der Waals surface area (Å²) in [4.78, 5) is 10.8. The third kappa shape index (κ3) is 2.85. The molecule has 0 spiro atoms. The second kappa shape index (κ2) is 5.48. The molecule has 0 fully saturated rings. The maximum absolute atomic E-state index is 6.07. The van der Waals surface area contributed by atoms with Crippen LogP contribution in [0.5, 0.6) is 0 Å². The van der Waals surface area contributed by atoms with Gasteiger partial charge in [0.25, 0.3) is 0 Å². The molecule has 0 N–H and O–H groups in total. The maximum Gasteiger partial charge on any atom is 0.137 e. The van der Waals surface area contributed by atoms with Crippen LogP contribution in [0.25, 0.3) is 0 Å². The maximum atomic E-state index is 6.07. The first kappa shape index (κ1) is 13.2. The zero-order valence-corrected chi connectivity index (χ0v) is 11.5. The van der Waals surface area contributed by atoms with Crippen LogP contribution in [0.1, 0.15) is 38.1 Å². The quantitative estimate of drug-likeness (QED) is 0.757. The molecule has 1 rings (SSSR count). The first-order chi connectivity index (χ1) is 7.47. The van der Waals surface area contributed by atoms with Gasteiger partial charge in [0.2, 0.25) is 0 Å². The average molecular weight is 242 g/mol. The van der Waals surface area contributed by atoms with E-state index in [9.17, 15) is 0 Å². The number of hydrogen-bond donors (Lipinski definition) is 0. The molecule has 1 heterocycles. The summed E-state index contributed by atoms with van der Waals surface area (Å²) >= 11 is 6.07. The van der Waals surface area contributed by atoms with E-state index >= 15 is 0 Å². The number of hydrogen-bond acceptors (Lipinski definition) is 3. The Morgan fingerprint density at radius 3 is 2.50 bits per heavy atom. The van der Waals surface area contributed by atoms with E-state index in [4.69, 9.17) is 11.6 Å². The highest BCUT2D eigenvalue weighted by molar-refractivity contribution is 6.30. The predicted molar refractivity (Wildman–Crippen MR) is 69.3 cm³/mol. The van der Waals surface area contributed by atoms with Gasteiger partial charge < -0.3 is 4.90 Å². The van der Waals surface area contributed by atoms with Crippen molar-refractivity contribution in [1.82, 2.24) is 9.97 Å². The second-order valence-electron chi connectivity index (χ2n) is 4.26.